The minimum absolute atomic E-state index is 0.0744. The number of nitrogens with one attached hydrogen (secondary N) is 2. The zero-order valence-corrected chi connectivity index (χ0v) is 23.0. The maximum atomic E-state index is 13.5. The summed E-state index contributed by atoms with van der Waals surface area (Å²) in [5, 5.41) is 5.87. The molecule has 0 saturated carbocycles. The number of amides is 3. The number of anilines is 1. The maximum absolute atomic E-state index is 13.5. The standard InChI is InChI=1S/C29H35N5O3S/c1-4-7-18-30-25(35)17-16-23-28(37)34-26(32-23)21-10-8-9-11-22(21)33-29(34)38-24(6-3)27(36)31-20-14-12-19(5-2)13-15-20/h8-15,23-24H,4-7,16-18H2,1-3H3,(H,30,35)(H,31,36)/t23-,24-/m1/s1. The highest BCUT2D eigenvalue weighted by Crippen LogP contribution is 2.36. The molecule has 2 N–H and O–H groups in total. The summed E-state index contributed by atoms with van der Waals surface area (Å²) in [6, 6.07) is 14.7. The van der Waals surface area contributed by atoms with Gasteiger partial charge in [-0.2, -0.15) is 0 Å². The predicted octanol–water partition coefficient (Wildman–Crippen LogP) is 5.05. The Balaban J connectivity index is 1.50. The Kier molecular flexibility index (Phi) is 9.33. The number of aryl methyl sites for hydroxylation is 1. The Morgan fingerprint density at radius 2 is 1.84 bits per heavy atom. The Morgan fingerprint density at radius 1 is 1.08 bits per heavy atom. The fourth-order valence-electron chi connectivity index (χ4n) is 4.33. The van der Waals surface area contributed by atoms with Gasteiger partial charge in [0.15, 0.2) is 5.17 Å². The molecule has 2 atom stereocenters. The number of thioether (sulfide) groups is 1. The maximum Gasteiger partial charge on any atom is 0.259 e. The van der Waals surface area contributed by atoms with Crippen molar-refractivity contribution in [3.8, 4) is 0 Å². The third-order valence-electron chi connectivity index (χ3n) is 6.59. The lowest BCUT2D eigenvalue weighted by molar-refractivity contribution is -0.125. The van der Waals surface area contributed by atoms with Gasteiger partial charge in [0.2, 0.25) is 11.8 Å². The predicted molar refractivity (Wildman–Crippen MR) is 154 cm³/mol. The Morgan fingerprint density at radius 3 is 2.55 bits per heavy atom. The lowest BCUT2D eigenvalue weighted by Gasteiger charge is -2.27. The van der Waals surface area contributed by atoms with Crippen molar-refractivity contribution >= 4 is 51.9 Å². The summed E-state index contributed by atoms with van der Waals surface area (Å²) in [6.45, 7) is 6.74. The van der Waals surface area contributed by atoms with Gasteiger partial charge in [0.1, 0.15) is 11.9 Å². The first-order valence-corrected chi connectivity index (χ1v) is 14.3. The number of para-hydroxylation sites is 1. The second-order valence-electron chi connectivity index (χ2n) is 9.35. The Labute approximate surface area is 228 Å². The fourth-order valence-corrected chi connectivity index (χ4v) is 5.35. The van der Waals surface area contributed by atoms with E-state index in [1.165, 1.54) is 22.2 Å². The van der Waals surface area contributed by atoms with Crippen LogP contribution in [0.1, 0.15) is 64.0 Å². The van der Waals surface area contributed by atoms with E-state index in [-0.39, 0.29) is 24.1 Å². The van der Waals surface area contributed by atoms with Crippen LogP contribution >= 0.6 is 11.8 Å². The van der Waals surface area contributed by atoms with Gasteiger partial charge in [0.05, 0.1) is 10.9 Å². The monoisotopic (exact) mass is 533 g/mol. The zero-order chi connectivity index (χ0) is 27.1. The molecular formula is C29H35N5O3S. The number of rotatable bonds is 11. The number of aliphatic imine (C=N–C) groups is 2. The second-order valence-corrected chi connectivity index (χ2v) is 10.5. The molecule has 0 aliphatic carbocycles. The normalized spacial score (nSPS) is 16.8. The SMILES string of the molecule is CCCCNC(=O)CC[C@H]1N=C2c3ccccc3N=C(S[C@H](CC)C(=O)Nc3ccc(CC)cc3)N2C1=O. The number of amidine groups is 2. The van der Waals surface area contributed by atoms with Gasteiger partial charge in [0.25, 0.3) is 5.91 Å². The third kappa shape index (κ3) is 6.32. The number of hydrogen-bond acceptors (Lipinski definition) is 6. The van der Waals surface area contributed by atoms with Crippen LogP contribution in [0.2, 0.25) is 0 Å². The number of benzene rings is 2. The van der Waals surface area contributed by atoms with Crippen molar-refractivity contribution in [3.63, 3.8) is 0 Å². The van der Waals surface area contributed by atoms with Gasteiger partial charge in [-0.1, -0.05) is 63.2 Å². The molecule has 9 heteroatoms. The zero-order valence-electron chi connectivity index (χ0n) is 22.2. The molecule has 2 aliphatic heterocycles. The number of unbranched alkanes of at least 4 members (excludes halogenated alkanes) is 1. The second kappa shape index (κ2) is 12.9. The minimum Gasteiger partial charge on any atom is -0.356 e. The van der Waals surface area contributed by atoms with Crippen molar-refractivity contribution < 1.29 is 14.4 Å². The van der Waals surface area contributed by atoms with Gasteiger partial charge in [-0.25, -0.2) is 9.89 Å². The van der Waals surface area contributed by atoms with Crippen LogP contribution in [0.25, 0.3) is 0 Å². The summed E-state index contributed by atoms with van der Waals surface area (Å²) in [7, 11) is 0. The van der Waals surface area contributed by atoms with Crippen LogP contribution in [-0.4, -0.2) is 51.5 Å². The largest absolute Gasteiger partial charge is 0.356 e. The van der Waals surface area contributed by atoms with E-state index in [2.05, 4.69) is 24.5 Å². The molecule has 200 valence electrons. The van der Waals surface area contributed by atoms with E-state index in [0.717, 1.165) is 30.5 Å². The highest BCUT2D eigenvalue weighted by atomic mass is 32.2. The van der Waals surface area contributed by atoms with Crippen LogP contribution in [0.4, 0.5) is 11.4 Å². The molecule has 0 aromatic heterocycles. The topological polar surface area (TPSA) is 103 Å². The van der Waals surface area contributed by atoms with E-state index in [1.807, 2.05) is 55.5 Å². The molecular weight excluding hydrogens is 498 g/mol. The van der Waals surface area contributed by atoms with Crippen LogP contribution in [0, 0.1) is 0 Å². The number of carbonyl (C=O) groups excluding carboxylic acids is 3. The van der Waals surface area contributed by atoms with Crippen molar-refractivity contribution in [2.24, 2.45) is 9.98 Å². The molecule has 0 unspecified atom stereocenters. The van der Waals surface area contributed by atoms with Crippen LogP contribution in [0.15, 0.2) is 58.5 Å². The van der Waals surface area contributed by atoms with Crippen molar-refractivity contribution in [1.29, 1.82) is 0 Å². The average Bonchev–Trinajstić information content (AvgIpc) is 3.27. The third-order valence-corrected chi connectivity index (χ3v) is 7.90. The smallest absolute Gasteiger partial charge is 0.259 e. The van der Waals surface area contributed by atoms with Crippen LogP contribution in [-0.2, 0) is 20.8 Å². The van der Waals surface area contributed by atoms with Gasteiger partial charge in [-0.3, -0.25) is 19.4 Å². The summed E-state index contributed by atoms with van der Waals surface area (Å²) in [5.41, 5.74) is 3.42. The Bertz CT molecular complexity index is 1240. The molecule has 38 heavy (non-hydrogen) atoms. The molecule has 0 spiro atoms. The van der Waals surface area contributed by atoms with Gasteiger partial charge >= 0.3 is 0 Å². The Hall–Kier alpha value is -3.46. The molecule has 0 fully saturated rings. The summed E-state index contributed by atoms with van der Waals surface area (Å²) in [5.74, 6) is 0.0980. The quantitative estimate of drug-likeness (QED) is 0.394. The highest BCUT2D eigenvalue weighted by molar-refractivity contribution is 8.15. The first-order valence-electron chi connectivity index (χ1n) is 13.4. The molecule has 2 aliphatic rings. The van der Waals surface area contributed by atoms with E-state index >= 15 is 0 Å². The minimum atomic E-state index is -0.662. The molecule has 0 radical (unpaired) electrons. The van der Waals surface area contributed by atoms with Crippen molar-refractivity contribution in [1.82, 2.24) is 10.2 Å². The van der Waals surface area contributed by atoms with E-state index in [9.17, 15) is 14.4 Å². The van der Waals surface area contributed by atoms with Crippen LogP contribution < -0.4 is 10.6 Å². The number of carbonyl (C=O) groups is 3. The molecule has 2 aromatic carbocycles. The van der Waals surface area contributed by atoms with Gasteiger partial charge in [-0.15, -0.1) is 0 Å². The van der Waals surface area contributed by atoms with E-state index in [1.54, 1.807) is 0 Å². The van der Waals surface area contributed by atoms with Crippen LogP contribution in [0.3, 0.4) is 0 Å². The molecule has 4 rings (SSSR count). The number of hydrogen-bond donors (Lipinski definition) is 2. The molecule has 3 amide bonds. The number of fused-ring (bicyclic) bond motifs is 3. The van der Waals surface area contributed by atoms with E-state index in [0.29, 0.717) is 36.1 Å². The van der Waals surface area contributed by atoms with E-state index in [4.69, 9.17) is 9.98 Å². The first kappa shape index (κ1) is 27.6. The summed E-state index contributed by atoms with van der Waals surface area (Å²) >= 11 is 1.27. The molecule has 0 saturated heterocycles. The number of nitrogens with zero attached hydrogens (tertiary/aromatic N) is 3. The molecule has 2 aromatic rings. The highest BCUT2D eigenvalue weighted by Gasteiger charge is 2.42. The van der Waals surface area contributed by atoms with E-state index < -0.39 is 11.3 Å². The van der Waals surface area contributed by atoms with Crippen LogP contribution in [0.5, 0.6) is 0 Å². The van der Waals surface area contributed by atoms with Gasteiger partial charge in [-0.05, 0) is 55.5 Å². The lowest BCUT2D eigenvalue weighted by Crippen LogP contribution is -2.42. The summed E-state index contributed by atoms with van der Waals surface area (Å²) in [4.78, 5) is 50.0. The van der Waals surface area contributed by atoms with Crippen molar-refractivity contribution in [3.05, 3.63) is 59.7 Å². The summed E-state index contributed by atoms with van der Waals surface area (Å²) in [6.07, 6.45) is 3.96. The first-order chi connectivity index (χ1) is 18.4. The fraction of sp³-hybridized carbons (Fsp3) is 0.414. The van der Waals surface area contributed by atoms with Crippen molar-refractivity contribution in [2.75, 3.05) is 11.9 Å². The molecule has 8 nitrogen and oxygen atoms in total. The summed E-state index contributed by atoms with van der Waals surface area (Å²) < 4.78 is 0. The lowest BCUT2D eigenvalue weighted by atomic mass is 10.1. The molecule has 0 bridgehead atoms. The average molecular weight is 534 g/mol. The van der Waals surface area contributed by atoms with Gasteiger partial charge in [0, 0.05) is 24.2 Å². The van der Waals surface area contributed by atoms with Crippen molar-refractivity contribution in [2.45, 2.75) is 70.6 Å². The molecule has 2 heterocycles. The van der Waals surface area contributed by atoms with Gasteiger partial charge < -0.3 is 10.6 Å².